The van der Waals surface area contributed by atoms with Crippen LogP contribution in [0, 0.1) is 0 Å². The summed E-state index contributed by atoms with van der Waals surface area (Å²) in [7, 11) is 1.67. The highest BCUT2D eigenvalue weighted by atomic mass is 35.5. The van der Waals surface area contributed by atoms with Gasteiger partial charge in [0.05, 0.1) is 7.11 Å². The molecule has 1 aromatic rings. The van der Waals surface area contributed by atoms with E-state index in [9.17, 15) is 0 Å². The van der Waals surface area contributed by atoms with E-state index in [0.29, 0.717) is 6.04 Å². The largest absolute Gasteiger partial charge is 1.00 e. The van der Waals surface area contributed by atoms with Crippen LogP contribution in [0.3, 0.4) is 0 Å². The number of halogens is 1. The molecule has 1 rings (SSSR count). The van der Waals surface area contributed by atoms with E-state index in [0.717, 1.165) is 5.75 Å². The first kappa shape index (κ1) is 11.3. The minimum atomic E-state index is 0. The fourth-order valence-electron chi connectivity index (χ4n) is 0.948. The molecular weight excluding hydrogens is 174 g/mol. The monoisotopic (exact) mass is 187 g/mol. The second kappa shape index (κ2) is 5.01. The quantitative estimate of drug-likeness (QED) is 0.572. The lowest BCUT2D eigenvalue weighted by Crippen LogP contribution is -3.00. The van der Waals surface area contributed by atoms with Gasteiger partial charge in [-0.2, -0.15) is 0 Å². The molecule has 0 aromatic heterocycles. The van der Waals surface area contributed by atoms with Crippen LogP contribution in [0.2, 0.25) is 0 Å². The van der Waals surface area contributed by atoms with Crippen LogP contribution in [-0.4, -0.2) is 7.11 Å². The van der Waals surface area contributed by atoms with Gasteiger partial charge in [-0.15, -0.1) is 0 Å². The number of hydrogen-bond acceptors (Lipinski definition) is 1. The van der Waals surface area contributed by atoms with Crippen LogP contribution in [0.1, 0.15) is 18.5 Å². The van der Waals surface area contributed by atoms with Gasteiger partial charge < -0.3 is 22.9 Å². The maximum absolute atomic E-state index is 5.08. The van der Waals surface area contributed by atoms with Crippen LogP contribution in [-0.2, 0) is 0 Å². The molecule has 68 valence electrons. The Labute approximate surface area is 79.1 Å². The van der Waals surface area contributed by atoms with Crippen LogP contribution >= 0.6 is 0 Å². The second-order valence-electron chi connectivity index (χ2n) is 2.68. The molecule has 0 spiro atoms. The molecule has 0 bridgehead atoms. The van der Waals surface area contributed by atoms with Crippen molar-refractivity contribution >= 4 is 0 Å². The molecule has 0 aliphatic heterocycles. The number of ether oxygens (including phenoxy) is 1. The van der Waals surface area contributed by atoms with Crippen LogP contribution in [0.15, 0.2) is 24.3 Å². The lowest BCUT2D eigenvalue weighted by molar-refractivity contribution is -0.420. The van der Waals surface area contributed by atoms with Gasteiger partial charge in [-0.05, 0) is 19.1 Å². The van der Waals surface area contributed by atoms with Gasteiger partial charge >= 0.3 is 0 Å². The molecule has 0 saturated carbocycles. The first-order valence-electron chi connectivity index (χ1n) is 3.71. The average Bonchev–Trinajstić information content (AvgIpc) is 2.05. The molecule has 1 atom stereocenters. The number of hydrogen-bond donors (Lipinski definition) is 1. The van der Waals surface area contributed by atoms with Crippen molar-refractivity contribution in [1.82, 2.24) is 0 Å². The first-order chi connectivity index (χ1) is 5.24. The van der Waals surface area contributed by atoms with Gasteiger partial charge in [0, 0.05) is 5.56 Å². The molecular formula is C9H14ClNO. The molecule has 0 heterocycles. The molecule has 0 aliphatic rings. The van der Waals surface area contributed by atoms with E-state index in [1.54, 1.807) is 7.11 Å². The van der Waals surface area contributed by atoms with Gasteiger partial charge in [0.2, 0.25) is 0 Å². The van der Waals surface area contributed by atoms with E-state index in [4.69, 9.17) is 4.74 Å². The SMILES string of the molecule is COc1cccc([C@H](C)[NH3+])c1.[Cl-]. The molecule has 0 radical (unpaired) electrons. The van der Waals surface area contributed by atoms with Crippen molar-refractivity contribution < 1.29 is 22.9 Å². The zero-order chi connectivity index (χ0) is 8.27. The summed E-state index contributed by atoms with van der Waals surface area (Å²) < 4.78 is 5.08. The Morgan fingerprint density at radius 1 is 1.42 bits per heavy atom. The molecule has 12 heavy (non-hydrogen) atoms. The molecule has 0 aliphatic carbocycles. The summed E-state index contributed by atoms with van der Waals surface area (Å²) in [5.41, 5.74) is 5.14. The third-order valence-electron chi connectivity index (χ3n) is 1.66. The van der Waals surface area contributed by atoms with E-state index >= 15 is 0 Å². The van der Waals surface area contributed by atoms with E-state index in [2.05, 4.69) is 18.7 Å². The lowest BCUT2D eigenvalue weighted by atomic mass is 10.1. The Balaban J connectivity index is 0.00000121. The third-order valence-corrected chi connectivity index (χ3v) is 1.66. The van der Waals surface area contributed by atoms with Gasteiger partial charge in [-0.25, -0.2) is 0 Å². The Morgan fingerprint density at radius 3 is 2.58 bits per heavy atom. The summed E-state index contributed by atoms with van der Waals surface area (Å²) in [4.78, 5) is 0. The maximum atomic E-state index is 5.08. The van der Waals surface area contributed by atoms with Gasteiger partial charge in [0.15, 0.2) is 0 Å². The Hall–Kier alpha value is -0.730. The Bertz CT molecular complexity index is 238. The second-order valence-corrected chi connectivity index (χ2v) is 2.68. The number of rotatable bonds is 2. The smallest absolute Gasteiger partial charge is 0.119 e. The normalized spacial score (nSPS) is 11.6. The average molecular weight is 188 g/mol. The van der Waals surface area contributed by atoms with Crippen molar-refractivity contribution in [3.05, 3.63) is 29.8 Å². The zero-order valence-electron chi connectivity index (χ0n) is 7.38. The lowest BCUT2D eigenvalue weighted by Gasteiger charge is -2.04. The van der Waals surface area contributed by atoms with E-state index in [1.807, 2.05) is 18.2 Å². The van der Waals surface area contributed by atoms with Crippen molar-refractivity contribution in [2.24, 2.45) is 0 Å². The topological polar surface area (TPSA) is 36.9 Å². The van der Waals surface area contributed by atoms with Crippen LogP contribution in [0.5, 0.6) is 5.75 Å². The van der Waals surface area contributed by atoms with Crippen molar-refractivity contribution in [2.45, 2.75) is 13.0 Å². The third kappa shape index (κ3) is 2.72. The van der Waals surface area contributed by atoms with Crippen molar-refractivity contribution in [2.75, 3.05) is 7.11 Å². The molecule has 0 fully saturated rings. The molecule has 1 aromatic carbocycles. The predicted octanol–water partition coefficient (Wildman–Crippen LogP) is -2.00. The van der Waals surface area contributed by atoms with Gasteiger partial charge in [-0.1, -0.05) is 12.1 Å². The fourth-order valence-corrected chi connectivity index (χ4v) is 0.948. The Morgan fingerprint density at radius 2 is 2.08 bits per heavy atom. The number of benzene rings is 1. The highest BCUT2D eigenvalue weighted by Crippen LogP contribution is 2.15. The van der Waals surface area contributed by atoms with Crippen molar-refractivity contribution in [3.8, 4) is 5.75 Å². The van der Waals surface area contributed by atoms with Gasteiger partial charge in [0.1, 0.15) is 11.8 Å². The van der Waals surface area contributed by atoms with Crippen LogP contribution < -0.4 is 22.9 Å². The summed E-state index contributed by atoms with van der Waals surface area (Å²) in [6.45, 7) is 2.06. The number of methoxy groups -OCH3 is 1. The van der Waals surface area contributed by atoms with E-state index < -0.39 is 0 Å². The number of quaternary nitrogens is 1. The summed E-state index contributed by atoms with van der Waals surface area (Å²) >= 11 is 0. The molecule has 3 heteroatoms. The summed E-state index contributed by atoms with van der Waals surface area (Å²) in [5, 5.41) is 0. The molecule has 0 amide bonds. The zero-order valence-corrected chi connectivity index (χ0v) is 8.14. The van der Waals surface area contributed by atoms with E-state index in [-0.39, 0.29) is 12.4 Å². The van der Waals surface area contributed by atoms with Gasteiger partial charge in [0.25, 0.3) is 0 Å². The summed E-state index contributed by atoms with van der Waals surface area (Å²) in [6.07, 6.45) is 0. The highest BCUT2D eigenvalue weighted by Gasteiger charge is 2.01. The fraction of sp³-hybridized carbons (Fsp3) is 0.333. The molecule has 0 unspecified atom stereocenters. The highest BCUT2D eigenvalue weighted by molar-refractivity contribution is 5.29. The maximum Gasteiger partial charge on any atom is 0.119 e. The minimum Gasteiger partial charge on any atom is -1.00 e. The van der Waals surface area contributed by atoms with Gasteiger partial charge in [-0.3, -0.25) is 0 Å². The minimum absolute atomic E-state index is 0. The molecule has 0 saturated heterocycles. The molecule has 3 N–H and O–H groups in total. The van der Waals surface area contributed by atoms with Crippen LogP contribution in [0.25, 0.3) is 0 Å². The van der Waals surface area contributed by atoms with Crippen LogP contribution in [0.4, 0.5) is 0 Å². The molecule has 2 nitrogen and oxygen atoms in total. The van der Waals surface area contributed by atoms with E-state index in [1.165, 1.54) is 5.56 Å². The van der Waals surface area contributed by atoms with Crippen molar-refractivity contribution in [3.63, 3.8) is 0 Å². The summed E-state index contributed by atoms with van der Waals surface area (Å²) in [5.74, 6) is 0.901. The Kier molecular flexibility index (Phi) is 4.71. The predicted molar refractivity (Wildman–Crippen MR) is 44.3 cm³/mol. The first-order valence-corrected chi connectivity index (χ1v) is 3.71. The van der Waals surface area contributed by atoms with Crippen molar-refractivity contribution in [1.29, 1.82) is 0 Å². The summed E-state index contributed by atoms with van der Waals surface area (Å²) in [6, 6.07) is 8.31. The standard InChI is InChI=1S/C9H13NO.ClH/c1-7(10)8-4-3-5-9(6-8)11-2;/h3-7H,10H2,1-2H3;1H/t7-;/m0./s1.